The first-order chi connectivity index (χ1) is 12.7. The van der Waals surface area contributed by atoms with Crippen molar-refractivity contribution >= 4 is 5.91 Å². The van der Waals surface area contributed by atoms with Crippen LogP contribution in [0.2, 0.25) is 0 Å². The number of hydrogen-bond acceptors (Lipinski definition) is 5. The fourth-order valence-electron chi connectivity index (χ4n) is 2.91. The van der Waals surface area contributed by atoms with Crippen LogP contribution in [-0.4, -0.2) is 51.2 Å². The number of aromatic amines is 1. The van der Waals surface area contributed by atoms with Crippen LogP contribution in [0, 0.1) is 6.92 Å². The molecule has 1 fully saturated rings. The SMILES string of the molecule is Cc1ccnn1-c1ccc(C(=O)N[C@H]2COC[C@H]2Oc2cn[nH]c2)cc1. The van der Waals surface area contributed by atoms with Crippen LogP contribution in [0.3, 0.4) is 0 Å². The molecule has 8 nitrogen and oxygen atoms in total. The molecule has 2 N–H and O–H groups in total. The minimum atomic E-state index is -0.248. The molecule has 1 aliphatic rings. The van der Waals surface area contributed by atoms with Crippen LogP contribution in [0.1, 0.15) is 16.1 Å². The van der Waals surface area contributed by atoms with Crippen LogP contribution in [0.15, 0.2) is 48.9 Å². The summed E-state index contributed by atoms with van der Waals surface area (Å²) in [5, 5.41) is 13.8. The summed E-state index contributed by atoms with van der Waals surface area (Å²) in [5.41, 5.74) is 2.52. The molecule has 1 saturated heterocycles. The van der Waals surface area contributed by atoms with Crippen LogP contribution < -0.4 is 10.1 Å². The number of rotatable bonds is 5. The molecule has 2 aromatic heterocycles. The average molecular weight is 353 g/mol. The highest BCUT2D eigenvalue weighted by Gasteiger charge is 2.31. The Labute approximate surface area is 150 Å². The van der Waals surface area contributed by atoms with Gasteiger partial charge in [0.2, 0.25) is 0 Å². The second-order valence-corrected chi connectivity index (χ2v) is 6.14. The Hall–Kier alpha value is -3.13. The maximum Gasteiger partial charge on any atom is 0.251 e. The zero-order valence-electron chi connectivity index (χ0n) is 14.3. The highest BCUT2D eigenvalue weighted by Crippen LogP contribution is 2.16. The number of nitrogens with one attached hydrogen (secondary N) is 2. The van der Waals surface area contributed by atoms with Crippen molar-refractivity contribution in [1.29, 1.82) is 0 Å². The Morgan fingerprint density at radius 2 is 2.15 bits per heavy atom. The largest absolute Gasteiger partial charge is 0.482 e. The van der Waals surface area contributed by atoms with Gasteiger partial charge in [0.25, 0.3) is 5.91 Å². The van der Waals surface area contributed by atoms with Gasteiger partial charge in [0.15, 0.2) is 5.75 Å². The van der Waals surface area contributed by atoms with E-state index in [1.54, 1.807) is 30.7 Å². The first-order valence-corrected chi connectivity index (χ1v) is 8.36. The number of benzene rings is 1. The molecule has 134 valence electrons. The predicted octanol–water partition coefficient (Wildman–Crippen LogP) is 1.48. The second-order valence-electron chi connectivity index (χ2n) is 6.14. The molecule has 1 aliphatic heterocycles. The molecule has 0 aliphatic carbocycles. The Kier molecular flexibility index (Phi) is 4.40. The third-order valence-corrected chi connectivity index (χ3v) is 4.31. The Balaban J connectivity index is 1.42. The first kappa shape index (κ1) is 16.3. The number of carbonyl (C=O) groups is 1. The van der Waals surface area contributed by atoms with Gasteiger partial charge in [0, 0.05) is 17.5 Å². The lowest BCUT2D eigenvalue weighted by atomic mass is 10.1. The van der Waals surface area contributed by atoms with E-state index in [4.69, 9.17) is 9.47 Å². The lowest BCUT2D eigenvalue weighted by Crippen LogP contribution is -2.45. The molecule has 0 spiro atoms. The predicted molar refractivity (Wildman–Crippen MR) is 93.4 cm³/mol. The quantitative estimate of drug-likeness (QED) is 0.725. The Morgan fingerprint density at radius 1 is 1.31 bits per heavy atom. The van der Waals surface area contributed by atoms with Gasteiger partial charge < -0.3 is 14.8 Å². The van der Waals surface area contributed by atoms with E-state index < -0.39 is 0 Å². The molecule has 1 aromatic carbocycles. The monoisotopic (exact) mass is 353 g/mol. The van der Waals surface area contributed by atoms with Gasteiger partial charge in [-0.25, -0.2) is 4.68 Å². The molecule has 0 saturated carbocycles. The lowest BCUT2D eigenvalue weighted by Gasteiger charge is -2.19. The standard InChI is InChI=1S/C18H19N5O3/c1-12-6-7-21-23(12)14-4-2-13(3-5-14)18(24)22-16-10-25-11-17(16)26-15-8-19-20-9-15/h2-9,16-17H,10-11H2,1H3,(H,19,20)(H,22,24)/t16-,17+/m0/s1. The summed E-state index contributed by atoms with van der Waals surface area (Å²) in [6, 6.07) is 9.03. The van der Waals surface area contributed by atoms with Gasteiger partial charge >= 0.3 is 0 Å². The molecule has 3 aromatic rings. The van der Waals surface area contributed by atoms with E-state index in [-0.39, 0.29) is 18.1 Å². The molecule has 4 rings (SSSR count). The Bertz CT molecular complexity index is 873. The van der Waals surface area contributed by atoms with Gasteiger partial charge in [-0.05, 0) is 37.3 Å². The number of hydrogen-bond donors (Lipinski definition) is 2. The molecule has 2 atom stereocenters. The van der Waals surface area contributed by atoms with E-state index >= 15 is 0 Å². The topological polar surface area (TPSA) is 94.1 Å². The number of nitrogens with zero attached hydrogens (tertiary/aromatic N) is 3. The molecule has 0 bridgehead atoms. The number of aromatic nitrogens is 4. The highest BCUT2D eigenvalue weighted by atomic mass is 16.5. The second kappa shape index (κ2) is 7.01. The number of H-pyrrole nitrogens is 1. The number of aryl methyl sites for hydroxylation is 1. The van der Waals surface area contributed by atoms with Gasteiger partial charge in [0.05, 0.1) is 37.3 Å². The van der Waals surface area contributed by atoms with Crippen molar-refractivity contribution in [2.45, 2.75) is 19.1 Å². The van der Waals surface area contributed by atoms with E-state index in [1.807, 2.05) is 29.8 Å². The van der Waals surface area contributed by atoms with Crippen LogP contribution in [-0.2, 0) is 4.74 Å². The van der Waals surface area contributed by atoms with Crippen LogP contribution in [0.25, 0.3) is 5.69 Å². The normalized spacial score (nSPS) is 19.4. The molecular formula is C18H19N5O3. The van der Waals surface area contributed by atoms with Gasteiger partial charge in [-0.1, -0.05) is 0 Å². The van der Waals surface area contributed by atoms with Gasteiger partial charge in [-0.15, -0.1) is 0 Å². The van der Waals surface area contributed by atoms with Crippen molar-refractivity contribution in [2.24, 2.45) is 0 Å². The number of amides is 1. The summed E-state index contributed by atoms with van der Waals surface area (Å²) in [6.07, 6.45) is 4.75. The third kappa shape index (κ3) is 3.31. The van der Waals surface area contributed by atoms with Crippen molar-refractivity contribution in [1.82, 2.24) is 25.3 Å². The number of carbonyl (C=O) groups excluding carboxylic acids is 1. The minimum Gasteiger partial charge on any atom is -0.482 e. The third-order valence-electron chi connectivity index (χ3n) is 4.31. The average Bonchev–Trinajstić information content (AvgIpc) is 3.39. The van der Waals surface area contributed by atoms with Crippen molar-refractivity contribution in [3.63, 3.8) is 0 Å². The zero-order valence-corrected chi connectivity index (χ0v) is 14.3. The molecule has 1 amide bonds. The van der Waals surface area contributed by atoms with E-state index in [0.29, 0.717) is 24.5 Å². The fraction of sp³-hybridized carbons (Fsp3) is 0.278. The first-order valence-electron chi connectivity index (χ1n) is 8.36. The summed E-state index contributed by atoms with van der Waals surface area (Å²) in [4.78, 5) is 12.6. The molecule has 0 radical (unpaired) electrons. The molecule has 8 heteroatoms. The van der Waals surface area contributed by atoms with Crippen molar-refractivity contribution in [3.05, 3.63) is 60.2 Å². The summed E-state index contributed by atoms with van der Waals surface area (Å²) >= 11 is 0. The lowest BCUT2D eigenvalue weighted by molar-refractivity contribution is 0.0904. The summed E-state index contributed by atoms with van der Waals surface area (Å²) in [6.45, 7) is 2.82. The van der Waals surface area contributed by atoms with Gasteiger partial charge in [-0.2, -0.15) is 10.2 Å². The molecule has 26 heavy (non-hydrogen) atoms. The zero-order chi connectivity index (χ0) is 17.9. The summed E-state index contributed by atoms with van der Waals surface area (Å²) in [7, 11) is 0. The van der Waals surface area contributed by atoms with E-state index in [2.05, 4.69) is 20.6 Å². The van der Waals surface area contributed by atoms with Crippen molar-refractivity contribution in [2.75, 3.05) is 13.2 Å². The van der Waals surface area contributed by atoms with Gasteiger partial charge in [0.1, 0.15) is 6.10 Å². The van der Waals surface area contributed by atoms with Gasteiger partial charge in [-0.3, -0.25) is 9.89 Å². The minimum absolute atomic E-state index is 0.162. The highest BCUT2D eigenvalue weighted by molar-refractivity contribution is 5.94. The summed E-state index contributed by atoms with van der Waals surface area (Å²) < 4.78 is 13.1. The van der Waals surface area contributed by atoms with Crippen molar-refractivity contribution < 1.29 is 14.3 Å². The molecule has 3 heterocycles. The summed E-state index contributed by atoms with van der Waals surface area (Å²) in [5.74, 6) is 0.462. The van der Waals surface area contributed by atoms with Crippen LogP contribution in [0.4, 0.5) is 0 Å². The molecular weight excluding hydrogens is 334 g/mol. The Morgan fingerprint density at radius 3 is 2.85 bits per heavy atom. The molecule has 0 unspecified atom stereocenters. The number of ether oxygens (including phenoxy) is 2. The maximum atomic E-state index is 12.6. The van der Waals surface area contributed by atoms with Crippen LogP contribution in [0.5, 0.6) is 5.75 Å². The smallest absolute Gasteiger partial charge is 0.251 e. The van der Waals surface area contributed by atoms with Crippen molar-refractivity contribution in [3.8, 4) is 11.4 Å². The van der Waals surface area contributed by atoms with E-state index in [9.17, 15) is 4.79 Å². The van der Waals surface area contributed by atoms with E-state index in [1.165, 1.54) is 0 Å². The van der Waals surface area contributed by atoms with Crippen LogP contribution >= 0.6 is 0 Å². The van der Waals surface area contributed by atoms with E-state index in [0.717, 1.165) is 11.4 Å². The fourth-order valence-corrected chi connectivity index (χ4v) is 2.91. The maximum absolute atomic E-state index is 12.6.